The minimum atomic E-state index is -0.0525. The highest BCUT2D eigenvalue weighted by molar-refractivity contribution is 6.04. The van der Waals surface area contributed by atoms with Gasteiger partial charge >= 0.3 is 0 Å². The molecule has 0 aliphatic rings. The number of hydrogen-bond acceptors (Lipinski definition) is 4. The molecule has 0 saturated heterocycles. The Morgan fingerprint density at radius 2 is 1.80 bits per heavy atom. The van der Waals surface area contributed by atoms with Crippen molar-refractivity contribution in [1.29, 1.82) is 0 Å². The van der Waals surface area contributed by atoms with E-state index in [1.165, 1.54) is 14.2 Å². The first-order chi connectivity index (χ1) is 7.15. The zero-order valence-corrected chi connectivity index (χ0v) is 9.16. The van der Waals surface area contributed by atoms with Crippen LogP contribution in [0.5, 0.6) is 11.5 Å². The summed E-state index contributed by atoms with van der Waals surface area (Å²) in [5.41, 5.74) is 6.56. The highest BCUT2D eigenvalue weighted by atomic mass is 16.5. The van der Waals surface area contributed by atoms with E-state index in [-0.39, 0.29) is 5.78 Å². The van der Waals surface area contributed by atoms with E-state index in [0.717, 1.165) is 0 Å². The normalized spacial score (nSPS) is 9.80. The number of ketones is 1. The van der Waals surface area contributed by atoms with Crippen LogP contribution < -0.4 is 15.2 Å². The molecule has 82 valence electrons. The molecule has 1 aromatic rings. The third-order valence-corrected chi connectivity index (χ3v) is 2.21. The van der Waals surface area contributed by atoms with Crippen molar-refractivity contribution in [2.75, 3.05) is 20.0 Å². The molecule has 0 spiro atoms. The van der Waals surface area contributed by atoms with Crippen LogP contribution in [0.15, 0.2) is 12.1 Å². The molecule has 0 saturated carbocycles. The molecule has 2 N–H and O–H groups in total. The van der Waals surface area contributed by atoms with Gasteiger partial charge in [-0.25, -0.2) is 0 Å². The minimum absolute atomic E-state index is 0.0525. The Morgan fingerprint density at radius 3 is 2.27 bits per heavy atom. The second kappa shape index (κ2) is 4.68. The third-order valence-electron chi connectivity index (χ3n) is 2.21. The number of Topliss-reactive ketones (excluding diaryl/α,β-unsaturated/α-hetero) is 1. The van der Waals surface area contributed by atoms with E-state index < -0.39 is 0 Å². The first-order valence-corrected chi connectivity index (χ1v) is 4.69. The molecule has 1 aromatic carbocycles. The van der Waals surface area contributed by atoms with E-state index in [9.17, 15) is 4.79 Å². The molecule has 0 amide bonds. The zero-order valence-electron chi connectivity index (χ0n) is 9.16. The van der Waals surface area contributed by atoms with E-state index in [4.69, 9.17) is 15.2 Å². The van der Waals surface area contributed by atoms with Gasteiger partial charge in [-0.15, -0.1) is 0 Å². The highest BCUT2D eigenvalue weighted by Gasteiger charge is 2.17. The van der Waals surface area contributed by atoms with E-state index in [0.29, 0.717) is 29.2 Å². The van der Waals surface area contributed by atoms with Crippen molar-refractivity contribution < 1.29 is 14.3 Å². The first-order valence-electron chi connectivity index (χ1n) is 4.69. The third kappa shape index (κ3) is 2.03. The molecule has 4 heteroatoms. The van der Waals surface area contributed by atoms with E-state index >= 15 is 0 Å². The Morgan fingerprint density at radius 1 is 1.27 bits per heavy atom. The monoisotopic (exact) mass is 209 g/mol. The first kappa shape index (κ1) is 11.4. The van der Waals surface area contributed by atoms with Gasteiger partial charge in [0.2, 0.25) is 0 Å². The quantitative estimate of drug-likeness (QED) is 0.607. The molecular weight excluding hydrogens is 194 g/mol. The van der Waals surface area contributed by atoms with Crippen LogP contribution in [-0.2, 0) is 0 Å². The Balaban J connectivity index is 3.35. The number of methoxy groups -OCH3 is 2. The van der Waals surface area contributed by atoms with E-state index in [2.05, 4.69) is 0 Å². The summed E-state index contributed by atoms with van der Waals surface area (Å²) in [6.07, 6.45) is 0.383. The van der Waals surface area contributed by atoms with Crippen LogP contribution in [0, 0.1) is 0 Å². The lowest BCUT2D eigenvalue weighted by Gasteiger charge is -2.12. The number of benzene rings is 1. The Hall–Kier alpha value is -1.71. The van der Waals surface area contributed by atoms with Crippen LogP contribution >= 0.6 is 0 Å². The lowest BCUT2D eigenvalue weighted by molar-refractivity contribution is 0.0986. The van der Waals surface area contributed by atoms with Crippen molar-refractivity contribution in [3.8, 4) is 11.5 Å². The van der Waals surface area contributed by atoms with Crippen LogP contribution in [0.1, 0.15) is 23.7 Å². The number of hydrogen-bond donors (Lipinski definition) is 1. The van der Waals surface area contributed by atoms with Gasteiger partial charge in [0.1, 0.15) is 11.5 Å². The SMILES string of the molecule is CCC(=O)c1c(OC)ccc(OC)c1N. The van der Waals surface area contributed by atoms with Gasteiger partial charge < -0.3 is 15.2 Å². The molecule has 0 atom stereocenters. The molecule has 0 aromatic heterocycles. The highest BCUT2D eigenvalue weighted by Crippen LogP contribution is 2.33. The molecule has 0 heterocycles. The Kier molecular flexibility index (Phi) is 3.55. The van der Waals surface area contributed by atoms with Gasteiger partial charge in [0.15, 0.2) is 5.78 Å². The lowest BCUT2D eigenvalue weighted by atomic mass is 10.0. The number of carbonyl (C=O) groups excluding carboxylic acids is 1. The van der Waals surface area contributed by atoms with Gasteiger partial charge in [0, 0.05) is 6.42 Å². The summed E-state index contributed by atoms with van der Waals surface area (Å²) in [6.45, 7) is 1.78. The van der Waals surface area contributed by atoms with Gasteiger partial charge in [-0.2, -0.15) is 0 Å². The number of carbonyl (C=O) groups is 1. The standard InChI is InChI=1S/C11H15NO3/c1-4-7(13)10-8(14-2)5-6-9(15-3)11(10)12/h5-6H,4,12H2,1-3H3. The van der Waals surface area contributed by atoms with Crippen LogP contribution in [-0.4, -0.2) is 20.0 Å². The van der Waals surface area contributed by atoms with Crippen LogP contribution in [0.25, 0.3) is 0 Å². The maximum absolute atomic E-state index is 11.7. The van der Waals surface area contributed by atoms with Gasteiger partial charge in [-0.3, -0.25) is 4.79 Å². The number of rotatable bonds is 4. The van der Waals surface area contributed by atoms with Gasteiger partial charge in [0.05, 0.1) is 25.5 Å². The number of nitrogens with two attached hydrogens (primary N) is 1. The summed E-state index contributed by atoms with van der Waals surface area (Å²) in [6, 6.07) is 3.36. The lowest BCUT2D eigenvalue weighted by Crippen LogP contribution is -2.06. The molecule has 0 radical (unpaired) electrons. The Labute approximate surface area is 89.0 Å². The van der Waals surface area contributed by atoms with Gasteiger partial charge in [-0.1, -0.05) is 6.92 Å². The fraction of sp³-hybridized carbons (Fsp3) is 0.364. The van der Waals surface area contributed by atoms with Crippen molar-refractivity contribution in [1.82, 2.24) is 0 Å². The predicted octanol–water partition coefficient (Wildman–Crippen LogP) is 1.88. The zero-order chi connectivity index (χ0) is 11.4. The van der Waals surface area contributed by atoms with Gasteiger partial charge in [0.25, 0.3) is 0 Å². The fourth-order valence-corrected chi connectivity index (χ4v) is 1.39. The van der Waals surface area contributed by atoms with Crippen molar-refractivity contribution >= 4 is 11.5 Å². The van der Waals surface area contributed by atoms with Crippen molar-refractivity contribution in [3.63, 3.8) is 0 Å². The smallest absolute Gasteiger partial charge is 0.168 e. The molecular formula is C11H15NO3. The van der Waals surface area contributed by atoms with Crippen LogP contribution in [0.2, 0.25) is 0 Å². The van der Waals surface area contributed by atoms with Crippen molar-refractivity contribution in [2.45, 2.75) is 13.3 Å². The molecule has 0 aliphatic heterocycles. The summed E-state index contributed by atoms with van der Waals surface area (Å²) >= 11 is 0. The summed E-state index contributed by atoms with van der Waals surface area (Å²) < 4.78 is 10.1. The predicted molar refractivity (Wildman–Crippen MR) is 58.6 cm³/mol. The average molecular weight is 209 g/mol. The topological polar surface area (TPSA) is 61.5 Å². The number of ether oxygens (including phenoxy) is 2. The largest absolute Gasteiger partial charge is 0.496 e. The molecule has 4 nitrogen and oxygen atoms in total. The molecule has 0 bridgehead atoms. The molecule has 0 aliphatic carbocycles. The number of nitrogen functional groups attached to an aromatic ring is 1. The maximum Gasteiger partial charge on any atom is 0.168 e. The average Bonchev–Trinajstić information content (AvgIpc) is 2.27. The molecule has 0 fully saturated rings. The molecule has 0 unspecified atom stereocenters. The summed E-state index contributed by atoms with van der Waals surface area (Å²) in [5, 5.41) is 0. The van der Waals surface area contributed by atoms with Gasteiger partial charge in [-0.05, 0) is 12.1 Å². The molecule has 1 rings (SSSR count). The minimum Gasteiger partial charge on any atom is -0.496 e. The van der Waals surface area contributed by atoms with Crippen LogP contribution in [0.4, 0.5) is 5.69 Å². The van der Waals surface area contributed by atoms with E-state index in [1.54, 1.807) is 19.1 Å². The summed E-state index contributed by atoms with van der Waals surface area (Å²) in [4.78, 5) is 11.7. The summed E-state index contributed by atoms with van der Waals surface area (Å²) in [5.74, 6) is 0.927. The summed E-state index contributed by atoms with van der Waals surface area (Å²) in [7, 11) is 3.02. The second-order valence-electron chi connectivity index (χ2n) is 3.04. The van der Waals surface area contributed by atoms with Crippen molar-refractivity contribution in [3.05, 3.63) is 17.7 Å². The van der Waals surface area contributed by atoms with Crippen LogP contribution in [0.3, 0.4) is 0 Å². The Bertz CT molecular complexity index is 374. The fourth-order valence-electron chi connectivity index (χ4n) is 1.39. The van der Waals surface area contributed by atoms with Crippen molar-refractivity contribution in [2.24, 2.45) is 0 Å². The number of anilines is 1. The maximum atomic E-state index is 11.7. The molecule has 15 heavy (non-hydrogen) atoms. The van der Waals surface area contributed by atoms with E-state index in [1.807, 2.05) is 0 Å². The second-order valence-corrected chi connectivity index (χ2v) is 3.04.